The minimum absolute atomic E-state index is 0.106. The van der Waals surface area contributed by atoms with Gasteiger partial charge in [-0.15, -0.1) is 13.2 Å². The summed E-state index contributed by atoms with van der Waals surface area (Å²) in [6.07, 6.45) is -4.81. The molecule has 0 saturated heterocycles. The lowest BCUT2D eigenvalue weighted by Crippen LogP contribution is -2.26. The highest BCUT2D eigenvalue weighted by atomic mass is 32.2. The Morgan fingerprint density at radius 3 is 2.09 bits per heavy atom. The number of nitrogens with zero attached hydrogens (tertiary/aromatic N) is 1. The van der Waals surface area contributed by atoms with E-state index in [9.17, 15) is 21.6 Å². The molecule has 124 valence electrons. The molecule has 0 radical (unpaired) electrons. The van der Waals surface area contributed by atoms with Crippen LogP contribution >= 0.6 is 0 Å². The molecular weight excluding hydrogens is 331 g/mol. The standard InChI is InChI=1S/C15H14F3NO3S/c1-19(11-12-5-3-2-4-6-12)23(20,21)14-9-7-13(8-10-14)22-15(16,17)18/h2-10H,11H2,1H3. The molecule has 0 aromatic heterocycles. The summed E-state index contributed by atoms with van der Waals surface area (Å²) < 4.78 is 65.9. The van der Waals surface area contributed by atoms with Crippen LogP contribution in [-0.2, 0) is 16.6 Å². The van der Waals surface area contributed by atoms with Crippen molar-refractivity contribution in [1.82, 2.24) is 4.31 Å². The Kier molecular flexibility index (Phi) is 4.96. The third-order valence-corrected chi connectivity index (χ3v) is 4.83. The van der Waals surface area contributed by atoms with Crippen molar-refractivity contribution in [3.05, 3.63) is 60.2 Å². The summed E-state index contributed by atoms with van der Waals surface area (Å²) >= 11 is 0. The zero-order valence-corrected chi connectivity index (χ0v) is 12.9. The van der Waals surface area contributed by atoms with Crippen LogP contribution in [0.3, 0.4) is 0 Å². The minimum atomic E-state index is -4.81. The first kappa shape index (κ1) is 17.3. The van der Waals surface area contributed by atoms with Crippen molar-refractivity contribution in [3.63, 3.8) is 0 Å². The summed E-state index contributed by atoms with van der Waals surface area (Å²) in [7, 11) is -2.40. The quantitative estimate of drug-likeness (QED) is 0.834. The van der Waals surface area contributed by atoms with Crippen molar-refractivity contribution >= 4 is 10.0 Å². The number of halogens is 3. The fourth-order valence-corrected chi connectivity index (χ4v) is 3.08. The smallest absolute Gasteiger partial charge is 0.406 e. The van der Waals surface area contributed by atoms with Gasteiger partial charge < -0.3 is 4.74 Å². The highest BCUT2D eigenvalue weighted by molar-refractivity contribution is 7.89. The number of hydrogen-bond donors (Lipinski definition) is 0. The van der Waals surface area contributed by atoms with Gasteiger partial charge in [-0.05, 0) is 29.8 Å². The number of benzene rings is 2. The Morgan fingerprint density at radius 1 is 1.00 bits per heavy atom. The molecule has 0 amide bonds. The average Bonchev–Trinajstić information content (AvgIpc) is 2.47. The van der Waals surface area contributed by atoms with Crippen molar-refractivity contribution in [3.8, 4) is 5.75 Å². The highest BCUT2D eigenvalue weighted by Gasteiger charge is 2.31. The second kappa shape index (κ2) is 6.59. The van der Waals surface area contributed by atoms with Crippen molar-refractivity contribution < 1.29 is 26.3 Å². The maximum atomic E-state index is 12.4. The summed E-state index contributed by atoms with van der Waals surface area (Å²) in [5.74, 6) is -0.470. The van der Waals surface area contributed by atoms with Crippen LogP contribution in [0.4, 0.5) is 13.2 Å². The number of alkyl halides is 3. The van der Waals surface area contributed by atoms with E-state index in [1.165, 1.54) is 7.05 Å². The van der Waals surface area contributed by atoms with Gasteiger partial charge >= 0.3 is 6.36 Å². The molecule has 0 aliphatic carbocycles. The molecule has 0 fully saturated rings. The Hall–Kier alpha value is -2.06. The molecule has 0 spiro atoms. The highest BCUT2D eigenvalue weighted by Crippen LogP contribution is 2.25. The molecule has 0 bridgehead atoms. The van der Waals surface area contributed by atoms with Gasteiger partial charge in [-0.25, -0.2) is 8.42 Å². The molecule has 0 atom stereocenters. The zero-order chi connectivity index (χ0) is 17.1. The van der Waals surface area contributed by atoms with Gasteiger partial charge in [0.25, 0.3) is 0 Å². The molecule has 4 nitrogen and oxygen atoms in total. The first-order chi connectivity index (χ1) is 10.7. The predicted molar refractivity (Wildman–Crippen MR) is 78.2 cm³/mol. The first-order valence-electron chi connectivity index (χ1n) is 6.54. The molecule has 0 heterocycles. The molecule has 2 rings (SSSR count). The summed E-state index contributed by atoms with van der Waals surface area (Å²) in [5.41, 5.74) is 0.801. The maximum absolute atomic E-state index is 12.4. The second-order valence-corrected chi connectivity index (χ2v) is 6.81. The molecule has 8 heteroatoms. The van der Waals surface area contributed by atoms with E-state index in [0.29, 0.717) is 0 Å². The number of ether oxygens (including phenoxy) is 1. The summed E-state index contributed by atoms with van der Waals surface area (Å²) in [4.78, 5) is -0.106. The van der Waals surface area contributed by atoms with Gasteiger partial charge in [0, 0.05) is 13.6 Å². The Bertz CT molecular complexity index is 744. The average molecular weight is 345 g/mol. The number of sulfonamides is 1. The van der Waals surface area contributed by atoms with Crippen LogP contribution in [0.2, 0.25) is 0 Å². The topological polar surface area (TPSA) is 46.6 Å². The van der Waals surface area contributed by atoms with Crippen molar-refractivity contribution in [2.75, 3.05) is 7.05 Å². The van der Waals surface area contributed by atoms with Crippen molar-refractivity contribution in [1.29, 1.82) is 0 Å². The van der Waals surface area contributed by atoms with Gasteiger partial charge in [-0.2, -0.15) is 4.31 Å². The third kappa shape index (κ3) is 4.70. The van der Waals surface area contributed by atoms with E-state index >= 15 is 0 Å². The van der Waals surface area contributed by atoms with Gasteiger partial charge in [0.1, 0.15) is 5.75 Å². The van der Waals surface area contributed by atoms with Crippen molar-refractivity contribution in [2.24, 2.45) is 0 Å². The lowest BCUT2D eigenvalue weighted by molar-refractivity contribution is -0.274. The lowest BCUT2D eigenvalue weighted by Gasteiger charge is -2.17. The van der Waals surface area contributed by atoms with Gasteiger partial charge in [-0.1, -0.05) is 30.3 Å². The van der Waals surface area contributed by atoms with E-state index in [1.807, 2.05) is 6.07 Å². The molecule has 0 aliphatic rings. The Balaban J connectivity index is 2.15. The third-order valence-electron chi connectivity index (χ3n) is 3.01. The fraction of sp³-hybridized carbons (Fsp3) is 0.200. The molecule has 0 N–H and O–H groups in total. The van der Waals surface area contributed by atoms with Crippen LogP contribution in [0.25, 0.3) is 0 Å². The normalized spacial score (nSPS) is 12.4. The van der Waals surface area contributed by atoms with Crippen LogP contribution < -0.4 is 4.74 Å². The molecular formula is C15H14F3NO3S. The molecule has 0 unspecified atom stereocenters. The molecule has 0 aliphatic heterocycles. The SMILES string of the molecule is CN(Cc1ccccc1)S(=O)(=O)c1ccc(OC(F)(F)F)cc1. The number of hydrogen-bond acceptors (Lipinski definition) is 3. The lowest BCUT2D eigenvalue weighted by atomic mass is 10.2. The van der Waals surface area contributed by atoms with Crippen molar-refractivity contribution in [2.45, 2.75) is 17.8 Å². The summed E-state index contributed by atoms with van der Waals surface area (Å²) in [5, 5.41) is 0. The first-order valence-corrected chi connectivity index (χ1v) is 7.98. The van der Waals surface area contributed by atoms with E-state index in [4.69, 9.17) is 0 Å². The summed E-state index contributed by atoms with van der Waals surface area (Å²) in [6, 6.07) is 13.1. The van der Waals surface area contributed by atoms with E-state index in [-0.39, 0.29) is 11.4 Å². The minimum Gasteiger partial charge on any atom is -0.406 e. The van der Waals surface area contributed by atoms with Gasteiger partial charge in [-0.3, -0.25) is 0 Å². The monoisotopic (exact) mass is 345 g/mol. The van der Waals surface area contributed by atoms with E-state index in [0.717, 1.165) is 34.1 Å². The van der Waals surface area contributed by atoms with Gasteiger partial charge in [0.15, 0.2) is 0 Å². The van der Waals surface area contributed by atoms with E-state index < -0.39 is 22.1 Å². The van der Waals surface area contributed by atoms with Crippen LogP contribution in [0.15, 0.2) is 59.5 Å². The van der Waals surface area contributed by atoms with Crippen LogP contribution in [0.1, 0.15) is 5.56 Å². The predicted octanol–water partition coefficient (Wildman–Crippen LogP) is 3.41. The van der Waals surface area contributed by atoms with E-state index in [2.05, 4.69) is 4.74 Å². The maximum Gasteiger partial charge on any atom is 0.573 e. The van der Waals surface area contributed by atoms with Crippen LogP contribution in [-0.4, -0.2) is 26.1 Å². The second-order valence-electron chi connectivity index (χ2n) is 4.77. The fourth-order valence-electron chi connectivity index (χ4n) is 1.92. The van der Waals surface area contributed by atoms with Gasteiger partial charge in [0.05, 0.1) is 4.90 Å². The molecule has 0 saturated carbocycles. The number of rotatable bonds is 5. The largest absolute Gasteiger partial charge is 0.573 e. The van der Waals surface area contributed by atoms with Crippen LogP contribution in [0.5, 0.6) is 5.75 Å². The van der Waals surface area contributed by atoms with Crippen LogP contribution in [0, 0.1) is 0 Å². The Labute approximate surface area is 132 Å². The van der Waals surface area contributed by atoms with Gasteiger partial charge in [0.2, 0.25) is 10.0 Å². The summed E-state index contributed by atoms with van der Waals surface area (Å²) in [6.45, 7) is 0.157. The zero-order valence-electron chi connectivity index (χ0n) is 12.1. The Morgan fingerprint density at radius 2 is 1.57 bits per heavy atom. The van der Waals surface area contributed by atoms with E-state index in [1.54, 1.807) is 24.3 Å². The molecule has 2 aromatic rings. The molecule has 23 heavy (non-hydrogen) atoms. The molecule has 2 aromatic carbocycles.